The molecule has 2 N–H and O–H groups in total. The SMILES string of the molecule is Cc1cc(NS(=O)(=O)CCO)no1. The molecule has 0 fully saturated rings. The minimum absolute atomic E-state index is 0.131. The second kappa shape index (κ2) is 3.75. The van der Waals surface area contributed by atoms with Crippen molar-refractivity contribution in [1.29, 1.82) is 0 Å². The molecule has 7 heteroatoms. The van der Waals surface area contributed by atoms with Gasteiger partial charge >= 0.3 is 0 Å². The van der Waals surface area contributed by atoms with Crippen LogP contribution >= 0.6 is 0 Å². The highest BCUT2D eigenvalue weighted by molar-refractivity contribution is 7.92. The Kier molecular flexibility index (Phi) is 2.89. The van der Waals surface area contributed by atoms with Crippen molar-refractivity contribution in [1.82, 2.24) is 5.16 Å². The van der Waals surface area contributed by atoms with Crippen LogP contribution in [0.25, 0.3) is 0 Å². The maximum Gasteiger partial charge on any atom is 0.236 e. The quantitative estimate of drug-likeness (QED) is 0.706. The first kappa shape index (κ1) is 10.0. The third kappa shape index (κ3) is 3.03. The third-order valence-corrected chi connectivity index (χ3v) is 2.49. The molecule has 0 aliphatic rings. The first-order chi connectivity index (χ1) is 6.03. The summed E-state index contributed by atoms with van der Waals surface area (Å²) in [6.07, 6.45) is 0. The number of hydrogen-bond acceptors (Lipinski definition) is 5. The van der Waals surface area contributed by atoms with Crippen LogP contribution in [-0.4, -0.2) is 31.0 Å². The Labute approximate surface area is 75.6 Å². The maximum atomic E-state index is 11.1. The normalized spacial score (nSPS) is 11.5. The standard InChI is InChI=1S/C6H10N2O4S/c1-5-4-6(7-12-5)8-13(10,11)3-2-9/h4,9H,2-3H2,1H3,(H,7,8). The number of aliphatic hydroxyl groups is 1. The van der Waals surface area contributed by atoms with Crippen LogP contribution in [0.4, 0.5) is 5.82 Å². The number of aryl methyl sites for hydroxylation is 1. The Hall–Kier alpha value is -1.08. The zero-order valence-electron chi connectivity index (χ0n) is 7.02. The molecule has 0 atom stereocenters. The average Bonchev–Trinajstić information content (AvgIpc) is 2.34. The molecule has 0 bridgehead atoms. The minimum atomic E-state index is -3.49. The largest absolute Gasteiger partial charge is 0.395 e. The van der Waals surface area contributed by atoms with Crippen molar-refractivity contribution >= 4 is 15.8 Å². The van der Waals surface area contributed by atoms with Gasteiger partial charge in [0.1, 0.15) is 5.76 Å². The number of nitrogens with one attached hydrogen (secondary N) is 1. The molecule has 1 heterocycles. The van der Waals surface area contributed by atoms with Crippen molar-refractivity contribution in [2.24, 2.45) is 0 Å². The van der Waals surface area contributed by atoms with Crippen LogP contribution in [0.1, 0.15) is 5.76 Å². The topological polar surface area (TPSA) is 92.4 Å². The number of aromatic nitrogens is 1. The van der Waals surface area contributed by atoms with Gasteiger partial charge in [-0.1, -0.05) is 5.16 Å². The number of sulfonamides is 1. The van der Waals surface area contributed by atoms with Crippen molar-refractivity contribution in [2.75, 3.05) is 17.1 Å². The van der Waals surface area contributed by atoms with Gasteiger partial charge in [-0.15, -0.1) is 0 Å². The second-order valence-electron chi connectivity index (χ2n) is 2.47. The predicted octanol–water partition coefficient (Wildman–Crippen LogP) is -0.283. The Bertz CT molecular complexity index is 370. The molecule has 0 aliphatic heterocycles. The first-order valence-electron chi connectivity index (χ1n) is 3.58. The lowest BCUT2D eigenvalue weighted by atomic mass is 10.5. The minimum Gasteiger partial charge on any atom is -0.395 e. The van der Waals surface area contributed by atoms with Crippen LogP contribution < -0.4 is 4.72 Å². The summed E-state index contributed by atoms with van der Waals surface area (Å²) in [5.74, 6) is 0.298. The van der Waals surface area contributed by atoms with Crippen LogP contribution in [0.3, 0.4) is 0 Å². The summed E-state index contributed by atoms with van der Waals surface area (Å²) < 4.78 is 28.9. The highest BCUT2D eigenvalue weighted by atomic mass is 32.2. The van der Waals surface area contributed by atoms with Crippen LogP contribution in [-0.2, 0) is 10.0 Å². The number of hydrogen-bond donors (Lipinski definition) is 2. The van der Waals surface area contributed by atoms with Crippen LogP contribution in [0.15, 0.2) is 10.6 Å². The van der Waals surface area contributed by atoms with Crippen molar-refractivity contribution in [3.05, 3.63) is 11.8 Å². The van der Waals surface area contributed by atoms with E-state index >= 15 is 0 Å². The summed E-state index contributed by atoms with van der Waals surface area (Å²) in [6, 6.07) is 1.45. The van der Waals surface area contributed by atoms with Gasteiger partial charge in [0.05, 0.1) is 12.4 Å². The lowest BCUT2D eigenvalue weighted by Crippen LogP contribution is -2.18. The molecule has 1 aromatic heterocycles. The van der Waals surface area contributed by atoms with Gasteiger partial charge in [0, 0.05) is 6.07 Å². The Morgan fingerprint density at radius 3 is 2.85 bits per heavy atom. The van der Waals surface area contributed by atoms with E-state index in [1.54, 1.807) is 6.92 Å². The highest BCUT2D eigenvalue weighted by Crippen LogP contribution is 2.08. The molecule has 6 nitrogen and oxygen atoms in total. The van der Waals surface area contributed by atoms with E-state index in [0.29, 0.717) is 5.76 Å². The summed E-state index contributed by atoms with van der Waals surface area (Å²) >= 11 is 0. The van der Waals surface area contributed by atoms with E-state index in [4.69, 9.17) is 5.11 Å². The van der Waals surface area contributed by atoms with Gasteiger partial charge < -0.3 is 9.63 Å². The molecule has 0 amide bonds. The highest BCUT2D eigenvalue weighted by Gasteiger charge is 2.11. The fraction of sp³-hybridized carbons (Fsp3) is 0.500. The molecule has 0 spiro atoms. The number of rotatable bonds is 4. The van der Waals surface area contributed by atoms with Gasteiger partial charge in [-0.2, -0.15) is 0 Å². The third-order valence-electron chi connectivity index (χ3n) is 1.25. The average molecular weight is 206 g/mol. The van der Waals surface area contributed by atoms with Crippen molar-refractivity contribution in [3.63, 3.8) is 0 Å². The number of aliphatic hydroxyl groups excluding tert-OH is 1. The summed E-state index contributed by atoms with van der Waals surface area (Å²) in [4.78, 5) is 0. The summed E-state index contributed by atoms with van der Waals surface area (Å²) in [5, 5.41) is 11.9. The van der Waals surface area contributed by atoms with E-state index in [2.05, 4.69) is 14.4 Å². The van der Waals surface area contributed by atoms with Gasteiger partial charge in [-0.3, -0.25) is 4.72 Å². The van der Waals surface area contributed by atoms with Crippen molar-refractivity contribution in [3.8, 4) is 0 Å². The molecule has 1 rings (SSSR count). The smallest absolute Gasteiger partial charge is 0.236 e. The summed E-state index contributed by atoms with van der Waals surface area (Å²) in [7, 11) is -3.49. The van der Waals surface area contributed by atoms with Gasteiger partial charge in [0.25, 0.3) is 0 Å². The van der Waals surface area contributed by atoms with E-state index in [9.17, 15) is 8.42 Å². The molecule has 0 aromatic carbocycles. The lowest BCUT2D eigenvalue weighted by Gasteiger charge is -2.00. The molecule has 74 valence electrons. The van der Waals surface area contributed by atoms with Gasteiger partial charge in [-0.25, -0.2) is 8.42 Å². The van der Waals surface area contributed by atoms with E-state index in [1.807, 2.05) is 0 Å². The molecule has 0 aliphatic carbocycles. The summed E-state index contributed by atoms with van der Waals surface area (Å²) in [6.45, 7) is 1.23. The first-order valence-corrected chi connectivity index (χ1v) is 5.23. The van der Waals surface area contributed by atoms with Gasteiger partial charge in [-0.05, 0) is 6.92 Å². The van der Waals surface area contributed by atoms with E-state index in [1.165, 1.54) is 6.07 Å². The van der Waals surface area contributed by atoms with Crippen molar-refractivity contribution < 1.29 is 18.0 Å². The van der Waals surface area contributed by atoms with Crippen molar-refractivity contribution in [2.45, 2.75) is 6.92 Å². The second-order valence-corrected chi connectivity index (χ2v) is 4.31. The maximum absolute atomic E-state index is 11.1. The molecule has 1 aromatic rings. The fourth-order valence-corrected chi connectivity index (χ4v) is 1.50. The molecular formula is C6H10N2O4S. The van der Waals surface area contributed by atoms with Crippen LogP contribution in [0.5, 0.6) is 0 Å². The predicted molar refractivity (Wildman–Crippen MR) is 45.7 cm³/mol. The molecule has 0 saturated heterocycles. The zero-order valence-corrected chi connectivity index (χ0v) is 7.84. The Balaban J connectivity index is 2.69. The van der Waals surface area contributed by atoms with E-state index in [0.717, 1.165) is 0 Å². The molecule has 13 heavy (non-hydrogen) atoms. The molecule has 0 saturated carbocycles. The summed E-state index contributed by atoms with van der Waals surface area (Å²) in [5.41, 5.74) is 0. The lowest BCUT2D eigenvalue weighted by molar-refractivity contribution is 0.320. The van der Waals surface area contributed by atoms with Gasteiger partial charge in [0.2, 0.25) is 10.0 Å². The van der Waals surface area contributed by atoms with Crippen LogP contribution in [0, 0.1) is 6.92 Å². The monoisotopic (exact) mass is 206 g/mol. The number of anilines is 1. The molecule has 0 unspecified atom stereocenters. The molecular weight excluding hydrogens is 196 g/mol. The van der Waals surface area contributed by atoms with E-state index in [-0.39, 0.29) is 11.6 Å². The van der Waals surface area contributed by atoms with E-state index < -0.39 is 16.6 Å². The Morgan fingerprint density at radius 2 is 2.38 bits per heavy atom. The zero-order chi connectivity index (χ0) is 9.90. The Morgan fingerprint density at radius 1 is 1.69 bits per heavy atom. The van der Waals surface area contributed by atoms with Crippen LogP contribution in [0.2, 0.25) is 0 Å². The van der Waals surface area contributed by atoms with Gasteiger partial charge in [0.15, 0.2) is 5.82 Å². The number of nitrogens with zero attached hydrogens (tertiary/aromatic N) is 1. The molecule has 0 radical (unpaired) electrons. The fourth-order valence-electron chi connectivity index (χ4n) is 0.745.